The van der Waals surface area contributed by atoms with E-state index in [1.807, 2.05) is 0 Å². The zero-order valence-corrected chi connectivity index (χ0v) is 9.79. The molecule has 0 aliphatic rings. The SMILES string of the molecule is CCCCCC[n+]1ccn(CC)c1C. The van der Waals surface area contributed by atoms with Gasteiger partial charge in [0.15, 0.2) is 0 Å². The molecule has 1 rings (SSSR count). The summed E-state index contributed by atoms with van der Waals surface area (Å²) in [6, 6.07) is 0. The maximum Gasteiger partial charge on any atom is 0.253 e. The van der Waals surface area contributed by atoms with Gasteiger partial charge in [-0.05, 0) is 19.8 Å². The number of hydrogen-bond donors (Lipinski definition) is 0. The summed E-state index contributed by atoms with van der Waals surface area (Å²) < 4.78 is 4.65. The molecule has 0 aliphatic carbocycles. The topological polar surface area (TPSA) is 8.81 Å². The first-order valence-corrected chi connectivity index (χ1v) is 5.84. The molecule has 0 bridgehead atoms. The molecule has 2 nitrogen and oxygen atoms in total. The third-order valence-electron chi connectivity index (χ3n) is 2.85. The molecule has 2 heteroatoms. The van der Waals surface area contributed by atoms with Crippen molar-refractivity contribution in [2.45, 2.75) is 59.5 Å². The first kappa shape index (κ1) is 11.3. The number of rotatable bonds is 6. The molecule has 1 aromatic heterocycles. The zero-order valence-electron chi connectivity index (χ0n) is 9.79. The average molecular weight is 195 g/mol. The largest absolute Gasteiger partial charge is 0.253 e. The first-order chi connectivity index (χ1) is 6.79. The summed E-state index contributed by atoms with van der Waals surface area (Å²) in [7, 11) is 0. The Morgan fingerprint density at radius 1 is 1.21 bits per heavy atom. The van der Waals surface area contributed by atoms with Crippen LogP contribution in [0.2, 0.25) is 0 Å². The molecule has 0 spiro atoms. The Kier molecular flexibility index (Phi) is 4.71. The smallest absolute Gasteiger partial charge is 0.235 e. The van der Waals surface area contributed by atoms with Crippen LogP contribution in [0.5, 0.6) is 0 Å². The fourth-order valence-corrected chi connectivity index (χ4v) is 1.82. The van der Waals surface area contributed by atoms with Crippen LogP contribution in [0.15, 0.2) is 12.4 Å². The molecule has 0 saturated carbocycles. The van der Waals surface area contributed by atoms with Gasteiger partial charge in [0.05, 0.1) is 13.1 Å². The Morgan fingerprint density at radius 2 is 2.00 bits per heavy atom. The minimum Gasteiger partial charge on any atom is -0.235 e. The second-order valence-corrected chi connectivity index (χ2v) is 3.89. The van der Waals surface area contributed by atoms with Crippen LogP contribution in [0.3, 0.4) is 0 Å². The summed E-state index contributed by atoms with van der Waals surface area (Å²) in [5.74, 6) is 1.38. The van der Waals surface area contributed by atoms with Crippen molar-refractivity contribution in [2.75, 3.05) is 0 Å². The number of aryl methyl sites for hydroxylation is 2. The number of unbranched alkanes of at least 4 members (excludes halogenated alkanes) is 3. The lowest BCUT2D eigenvalue weighted by Crippen LogP contribution is -2.35. The fourth-order valence-electron chi connectivity index (χ4n) is 1.82. The van der Waals surface area contributed by atoms with Gasteiger partial charge in [-0.25, -0.2) is 9.13 Å². The number of aromatic nitrogens is 2. The average Bonchev–Trinajstić information content (AvgIpc) is 2.55. The Hall–Kier alpha value is -0.790. The minimum atomic E-state index is 1.08. The molecular formula is C12H23N2+. The second kappa shape index (κ2) is 5.84. The lowest BCUT2D eigenvalue weighted by Gasteiger charge is -1.99. The Labute approximate surface area is 87.6 Å². The van der Waals surface area contributed by atoms with Gasteiger partial charge in [0.25, 0.3) is 5.82 Å². The van der Waals surface area contributed by atoms with Gasteiger partial charge in [0.2, 0.25) is 0 Å². The van der Waals surface area contributed by atoms with E-state index in [1.165, 1.54) is 38.1 Å². The van der Waals surface area contributed by atoms with Crippen molar-refractivity contribution in [3.8, 4) is 0 Å². The summed E-state index contributed by atoms with van der Waals surface area (Å²) in [6.07, 6.45) is 9.74. The van der Waals surface area contributed by atoms with Crippen molar-refractivity contribution in [2.24, 2.45) is 0 Å². The van der Waals surface area contributed by atoms with Gasteiger partial charge in [0.1, 0.15) is 12.4 Å². The van der Waals surface area contributed by atoms with Gasteiger partial charge in [-0.15, -0.1) is 0 Å². The molecule has 0 aromatic carbocycles. The monoisotopic (exact) mass is 195 g/mol. The van der Waals surface area contributed by atoms with Crippen molar-refractivity contribution in [3.05, 3.63) is 18.2 Å². The van der Waals surface area contributed by atoms with Crippen molar-refractivity contribution >= 4 is 0 Å². The highest BCUT2D eigenvalue weighted by atomic mass is 15.1. The van der Waals surface area contributed by atoms with Crippen LogP contribution < -0.4 is 4.57 Å². The quantitative estimate of drug-likeness (QED) is 0.487. The molecule has 14 heavy (non-hydrogen) atoms. The van der Waals surface area contributed by atoms with E-state index in [2.05, 4.69) is 42.3 Å². The van der Waals surface area contributed by atoms with E-state index in [4.69, 9.17) is 0 Å². The van der Waals surface area contributed by atoms with E-state index in [9.17, 15) is 0 Å². The van der Waals surface area contributed by atoms with Gasteiger partial charge in [-0.2, -0.15) is 0 Å². The van der Waals surface area contributed by atoms with Crippen LogP contribution in [0, 0.1) is 6.92 Å². The normalized spacial score (nSPS) is 10.8. The van der Waals surface area contributed by atoms with Gasteiger partial charge in [-0.1, -0.05) is 19.8 Å². The molecule has 1 heterocycles. The molecular weight excluding hydrogens is 172 g/mol. The van der Waals surface area contributed by atoms with Crippen molar-refractivity contribution in [3.63, 3.8) is 0 Å². The highest BCUT2D eigenvalue weighted by Gasteiger charge is 2.08. The summed E-state index contributed by atoms with van der Waals surface area (Å²) in [4.78, 5) is 0. The second-order valence-electron chi connectivity index (χ2n) is 3.89. The Morgan fingerprint density at radius 3 is 2.57 bits per heavy atom. The predicted molar refractivity (Wildman–Crippen MR) is 59.2 cm³/mol. The van der Waals surface area contributed by atoms with Crippen LogP contribution >= 0.6 is 0 Å². The maximum atomic E-state index is 2.36. The van der Waals surface area contributed by atoms with Crippen LogP contribution in [0.1, 0.15) is 45.4 Å². The van der Waals surface area contributed by atoms with E-state index in [0.29, 0.717) is 0 Å². The van der Waals surface area contributed by atoms with Crippen LogP contribution in [0.25, 0.3) is 0 Å². The lowest BCUT2D eigenvalue weighted by atomic mass is 10.2. The van der Waals surface area contributed by atoms with Crippen molar-refractivity contribution in [1.82, 2.24) is 4.57 Å². The van der Waals surface area contributed by atoms with E-state index < -0.39 is 0 Å². The third kappa shape index (κ3) is 2.86. The molecule has 0 radical (unpaired) electrons. The first-order valence-electron chi connectivity index (χ1n) is 5.84. The van der Waals surface area contributed by atoms with Crippen LogP contribution in [0.4, 0.5) is 0 Å². The molecule has 0 N–H and O–H groups in total. The van der Waals surface area contributed by atoms with Gasteiger partial charge < -0.3 is 0 Å². The van der Waals surface area contributed by atoms with Gasteiger partial charge >= 0.3 is 0 Å². The van der Waals surface area contributed by atoms with Crippen LogP contribution in [-0.4, -0.2) is 4.57 Å². The number of nitrogens with zero attached hydrogens (tertiary/aromatic N) is 2. The molecule has 0 atom stereocenters. The lowest BCUT2D eigenvalue weighted by molar-refractivity contribution is -0.702. The minimum absolute atomic E-state index is 1.08. The molecule has 1 aromatic rings. The Bertz CT molecular complexity index is 263. The van der Waals surface area contributed by atoms with Gasteiger partial charge in [-0.3, -0.25) is 0 Å². The van der Waals surface area contributed by atoms with Crippen molar-refractivity contribution < 1.29 is 4.57 Å². The van der Waals surface area contributed by atoms with E-state index in [0.717, 1.165) is 6.54 Å². The van der Waals surface area contributed by atoms with Gasteiger partial charge in [0, 0.05) is 6.92 Å². The molecule has 0 amide bonds. The fraction of sp³-hybridized carbons (Fsp3) is 0.750. The number of hydrogen-bond acceptors (Lipinski definition) is 0. The molecule has 0 aliphatic heterocycles. The standard InChI is InChI=1S/C12H23N2/c1-4-6-7-8-9-14-11-10-13(5-2)12(14)3/h10-11H,4-9H2,1-3H3/q+1. The highest BCUT2D eigenvalue weighted by Crippen LogP contribution is 2.00. The molecule has 80 valence electrons. The van der Waals surface area contributed by atoms with Crippen LogP contribution in [-0.2, 0) is 13.1 Å². The number of imidazole rings is 1. The summed E-state index contributed by atoms with van der Waals surface area (Å²) in [6.45, 7) is 8.90. The molecule has 0 unspecified atom stereocenters. The molecule has 0 fully saturated rings. The summed E-state index contributed by atoms with van der Waals surface area (Å²) in [5, 5.41) is 0. The van der Waals surface area contributed by atoms with E-state index >= 15 is 0 Å². The molecule has 0 saturated heterocycles. The van der Waals surface area contributed by atoms with Crippen molar-refractivity contribution in [1.29, 1.82) is 0 Å². The Balaban J connectivity index is 2.39. The van der Waals surface area contributed by atoms with E-state index in [-0.39, 0.29) is 0 Å². The summed E-state index contributed by atoms with van der Waals surface area (Å²) in [5.41, 5.74) is 0. The maximum absolute atomic E-state index is 2.36. The predicted octanol–water partition coefficient (Wildman–Crippen LogP) is 2.68. The highest BCUT2D eigenvalue weighted by molar-refractivity contribution is 4.78. The third-order valence-corrected chi connectivity index (χ3v) is 2.85. The zero-order chi connectivity index (χ0) is 10.4. The summed E-state index contributed by atoms with van der Waals surface area (Å²) >= 11 is 0. The van der Waals surface area contributed by atoms with E-state index in [1.54, 1.807) is 0 Å².